The van der Waals surface area contributed by atoms with Crippen LogP contribution in [0.15, 0.2) is 24.1 Å². The highest BCUT2D eigenvalue weighted by Gasteiger charge is 1.96. The molecule has 74 valence electrons. The number of hydrogen-bond donors (Lipinski definition) is 0. The zero-order valence-electron chi connectivity index (χ0n) is 8.01. The van der Waals surface area contributed by atoms with Crippen molar-refractivity contribution in [1.82, 2.24) is 4.57 Å². The van der Waals surface area contributed by atoms with Crippen LogP contribution in [0.4, 0.5) is 0 Å². The van der Waals surface area contributed by atoms with Crippen molar-refractivity contribution >= 4 is 0 Å². The first-order valence-corrected chi connectivity index (χ1v) is 4.20. The van der Waals surface area contributed by atoms with E-state index >= 15 is 0 Å². The van der Waals surface area contributed by atoms with Crippen LogP contribution in [0.1, 0.15) is 19.8 Å². The number of unbranched alkanes of at least 4 members (excludes halogenated alkanes) is 1. The lowest BCUT2D eigenvalue weighted by molar-refractivity contribution is -0.696. The Bertz CT molecular complexity index is 235. The minimum absolute atomic E-state index is 1.00. The maximum Gasteiger partial charge on any atom is 0.243 e. The highest BCUT2D eigenvalue weighted by atomic mass is 16.6. The largest absolute Gasteiger partial charge is 0.444 e. The van der Waals surface area contributed by atoms with Gasteiger partial charge in [0.2, 0.25) is 6.33 Å². The molecule has 0 spiro atoms. The Morgan fingerprint density at radius 3 is 2.62 bits per heavy atom. The van der Waals surface area contributed by atoms with Crippen molar-refractivity contribution < 1.29 is 4.57 Å². The van der Waals surface area contributed by atoms with Crippen molar-refractivity contribution in [3.8, 4) is 0 Å². The first kappa shape index (κ1) is 11.6. The highest BCUT2D eigenvalue weighted by Crippen LogP contribution is 1.85. The summed E-state index contributed by atoms with van der Waals surface area (Å²) in [6, 6.07) is 0. The molecule has 0 aliphatic rings. The monoisotopic (exact) mass is 185 g/mol. The van der Waals surface area contributed by atoms with Gasteiger partial charge in [0.05, 0.1) is 13.6 Å². The van der Waals surface area contributed by atoms with Gasteiger partial charge >= 0.3 is 0 Å². The van der Waals surface area contributed by atoms with Gasteiger partial charge < -0.3 is 10.1 Å². The normalized spacial score (nSPS) is 8.77. The van der Waals surface area contributed by atoms with E-state index in [9.17, 15) is 0 Å². The molecule has 1 aromatic rings. The molecule has 1 rings (SSSR count). The standard InChI is InChI=1S/C8H15N2.HNO2/c1-3-4-5-10-7-6-9(2)8-10;2-1-3/h6-8H,3-5H2,1-2H3;(H,2,3)/q+1;/p-1. The van der Waals surface area contributed by atoms with Gasteiger partial charge in [-0.05, 0) is 6.42 Å². The third kappa shape index (κ3) is 5.84. The van der Waals surface area contributed by atoms with Crippen LogP contribution in [0.5, 0.6) is 0 Å². The van der Waals surface area contributed by atoms with E-state index in [-0.39, 0.29) is 0 Å². The quantitative estimate of drug-likeness (QED) is 0.405. The SMILES string of the molecule is CCCC[n+]1ccn(C)c1.O=N[O-]. The number of rotatable bonds is 3. The number of imidazole rings is 1. The van der Waals surface area contributed by atoms with E-state index in [1.807, 2.05) is 7.05 Å². The van der Waals surface area contributed by atoms with Gasteiger partial charge in [0, 0.05) is 0 Å². The molecule has 0 radical (unpaired) electrons. The Morgan fingerprint density at radius 2 is 2.23 bits per heavy atom. The molecule has 1 aromatic heterocycles. The fourth-order valence-corrected chi connectivity index (χ4v) is 0.975. The molecule has 0 aliphatic carbocycles. The van der Waals surface area contributed by atoms with Gasteiger partial charge in [0.25, 0.3) is 0 Å². The van der Waals surface area contributed by atoms with Crippen molar-refractivity contribution in [1.29, 1.82) is 0 Å². The van der Waals surface area contributed by atoms with Crippen LogP contribution in [0.3, 0.4) is 0 Å². The van der Waals surface area contributed by atoms with E-state index in [1.54, 1.807) is 0 Å². The van der Waals surface area contributed by atoms with Gasteiger partial charge in [-0.2, -0.15) is 0 Å². The first-order chi connectivity index (χ1) is 6.24. The lowest BCUT2D eigenvalue weighted by Crippen LogP contribution is -2.30. The van der Waals surface area contributed by atoms with Gasteiger partial charge in [-0.1, -0.05) is 13.3 Å². The molecule has 0 amide bonds. The van der Waals surface area contributed by atoms with Crippen molar-refractivity contribution in [3.63, 3.8) is 0 Å². The van der Waals surface area contributed by atoms with Crippen LogP contribution in [0.25, 0.3) is 0 Å². The molecule has 0 bridgehead atoms. The minimum Gasteiger partial charge on any atom is -0.444 e. The summed E-state index contributed by atoms with van der Waals surface area (Å²) < 4.78 is 4.28. The number of aromatic nitrogens is 2. The van der Waals surface area contributed by atoms with Crippen LogP contribution in [0.2, 0.25) is 0 Å². The second-order valence-corrected chi connectivity index (χ2v) is 2.74. The third-order valence-corrected chi connectivity index (χ3v) is 1.59. The van der Waals surface area contributed by atoms with Gasteiger partial charge in [-0.15, -0.1) is 5.34 Å². The summed E-state index contributed by atoms with van der Waals surface area (Å²) >= 11 is 0. The Kier molecular flexibility index (Phi) is 6.49. The fraction of sp³-hybridized carbons (Fsp3) is 0.625. The zero-order chi connectivity index (χ0) is 10.1. The fourth-order valence-electron chi connectivity index (χ4n) is 0.975. The van der Waals surface area contributed by atoms with Gasteiger partial charge in [-0.3, -0.25) is 0 Å². The zero-order valence-corrected chi connectivity index (χ0v) is 8.01. The molecule has 0 unspecified atom stereocenters. The van der Waals surface area contributed by atoms with E-state index in [2.05, 4.69) is 34.8 Å². The summed E-state index contributed by atoms with van der Waals surface area (Å²) in [5, 5.41) is 9.00. The molecule has 0 atom stereocenters. The van der Waals surface area contributed by atoms with E-state index in [0.29, 0.717) is 0 Å². The minimum atomic E-state index is 1.00. The van der Waals surface area contributed by atoms with Crippen molar-refractivity contribution in [2.75, 3.05) is 0 Å². The molecule has 5 nitrogen and oxygen atoms in total. The summed E-state index contributed by atoms with van der Waals surface area (Å²) in [6.07, 6.45) is 8.82. The number of nitrogens with zero attached hydrogens (tertiary/aromatic N) is 3. The van der Waals surface area contributed by atoms with Gasteiger partial charge in [0.1, 0.15) is 12.4 Å². The first-order valence-electron chi connectivity index (χ1n) is 4.20. The maximum absolute atomic E-state index is 8.00. The van der Waals surface area contributed by atoms with Gasteiger partial charge in [-0.25, -0.2) is 9.13 Å². The molecule has 5 heteroatoms. The molecular weight excluding hydrogens is 170 g/mol. The van der Waals surface area contributed by atoms with E-state index in [4.69, 9.17) is 10.1 Å². The third-order valence-electron chi connectivity index (χ3n) is 1.59. The summed E-state index contributed by atoms with van der Waals surface area (Å²) in [5.74, 6) is 0. The van der Waals surface area contributed by atoms with E-state index in [1.165, 1.54) is 12.8 Å². The molecule has 0 N–H and O–H groups in total. The predicted octanol–water partition coefficient (Wildman–Crippen LogP) is 1.36. The van der Waals surface area contributed by atoms with Crippen LogP contribution in [-0.4, -0.2) is 4.57 Å². The Morgan fingerprint density at radius 1 is 1.62 bits per heavy atom. The van der Waals surface area contributed by atoms with Crippen LogP contribution in [0, 0.1) is 10.1 Å². The number of hydrogen-bond acceptors (Lipinski definition) is 3. The lowest BCUT2D eigenvalue weighted by Gasteiger charge is -1.90. The molecule has 0 saturated heterocycles. The van der Waals surface area contributed by atoms with Crippen molar-refractivity contribution in [3.05, 3.63) is 28.8 Å². The second-order valence-electron chi connectivity index (χ2n) is 2.74. The Balaban J connectivity index is 0.000000424. The second kappa shape index (κ2) is 7.27. The summed E-state index contributed by atoms with van der Waals surface area (Å²) in [4.78, 5) is 8.00. The average molecular weight is 185 g/mol. The molecule has 0 fully saturated rings. The van der Waals surface area contributed by atoms with Crippen molar-refractivity contribution in [2.45, 2.75) is 26.3 Å². The number of aryl methyl sites for hydroxylation is 2. The van der Waals surface area contributed by atoms with Crippen LogP contribution < -0.4 is 4.57 Å². The Labute approximate surface area is 77.6 Å². The molecular formula is C8H15N3O2. The summed E-state index contributed by atoms with van der Waals surface area (Å²) in [6.45, 7) is 3.36. The van der Waals surface area contributed by atoms with Gasteiger partial charge in [0.15, 0.2) is 0 Å². The summed E-state index contributed by atoms with van der Waals surface area (Å²) in [5.41, 5.74) is 0. The molecule has 1 heterocycles. The molecule has 0 aromatic carbocycles. The average Bonchev–Trinajstić information content (AvgIpc) is 2.49. The Hall–Kier alpha value is -1.39. The van der Waals surface area contributed by atoms with Crippen LogP contribution in [-0.2, 0) is 13.6 Å². The maximum atomic E-state index is 8.00. The topological polar surface area (TPSA) is 61.3 Å². The van der Waals surface area contributed by atoms with Crippen LogP contribution >= 0.6 is 0 Å². The lowest BCUT2D eigenvalue weighted by atomic mass is 10.3. The van der Waals surface area contributed by atoms with Crippen molar-refractivity contribution in [2.24, 2.45) is 12.4 Å². The molecule has 0 saturated carbocycles. The van der Waals surface area contributed by atoms with E-state index < -0.39 is 0 Å². The molecule has 0 aliphatic heterocycles. The highest BCUT2D eigenvalue weighted by molar-refractivity contribution is 4.61. The smallest absolute Gasteiger partial charge is 0.243 e. The summed E-state index contributed by atoms with van der Waals surface area (Å²) in [7, 11) is 2.04. The predicted molar refractivity (Wildman–Crippen MR) is 49.7 cm³/mol. The molecule has 13 heavy (non-hydrogen) atoms. The van der Waals surface area contributed by atoms with E-state index in [0.717, 1.165) is 11.9 Å².